The number of nitrogens with zero attached hydrogens (tertiary/aromatic N) is 4. The SMILES string of the molecule is O=C(CSc1nnc(-c2ccco2)o1)N1N=C(c2ccc(Cl)cc2)CC1c1ccco1. The highest BCUT2D eigenvalue weighted by Gasteiger charge is 2.35. The molecule has 1 unspecified atom stereocenters. The number of amides is 1. The molecule has 1 atom stereocenters. The van der Waals surface area contributed by atoms with Gasteiger partial charge in [-0.15, -0.1) is 10.2 Å². The number of hydrazone groups is 1. The molecule has 5 rings (SSSR count). The van der Waals surface area contributed by atoms with Gasteiger partial charge in [-0.25, -0.2) is 5.01 Å². The van der Waals surface area contributed by atoms with Crippen molar-refractivity contribution in [2.24, 2.45) is 5.10 Å². The van der Waals surface area contributed by atoms with E-state index in [9.17, 15) is 4.79 Å². The first-order valence-electron chi connectivity index (χ1n) is 9.36. The lowest BCUT2D eigenvalue weighted by molar-refractivity contribution is -0.130. The van der Waals surface area contributed by atoms with Crippen LogP contribution in [0.1, 0.15) is 23.8 Å². The van der Waals surface area contributed by atoms with Crippen molar-refractivity contribution < 1.29 is 18.0 Å². The molecule has 10 heteroatoms. The van der Waals surface area contributed by atoms with Gasteiger partial charge in [-0.2, -0.15) is 5.10 Å². The molecule has 31 heavy (non-hydrogen) atoms. The Morgan fingerprint density at radius 2 is 1.90 bits per heavy atom. The van der Waals surface area contributed by atoms with Gasteiger partial charge in [0.05, 0.1) is 24.0 Å². The Kier molecular flexibility index (Phi) is 5.35. The second kappa shape index (κ2) is 8.44. The molecule has 1 aliphatic rings. The molecule has 8 nitrogen and oxygen atoms in total. The predicted octanol–water partition coefficient (Wildman–Crippen LogP) is 5.05. The molecule has 0 fully saturated rings. The number of hydrogen-bond donors (Lipinski definition) is 0. The third-order valence-electron chi connectivity index (χ3n) is 4.67. The summed E-state index contributed by atoms with van der Waals surface area (Å²) in [6.07, 6.45) is 3.64. The first kappa shape index (κ1) is 19.7. The fourth-order valence-corrected chi connectivity index (χ4v) is 3.96. The van der Waals surface area contributed by atoms with Crippen LogP contribution in [0.5, 0.6) is 0 Å². The van der Waals surface area contributed by atoms with Gasteiger partial charge in [0.25, 0.3) is 17.0 Å². The van der Waals surface area contributed by atoms with Crippen molar-refractivity contribution >= 4 is 35.0 Å². The molecule has 1 aliphatic heterocycles. The third-order valence-corrected chi connectivity index (χ3v) is 5.73. The summed E-state index contributed by atoms with van der Waals surface area (Å²) in [6, 6.07) is 14.1. The summed E-state index contributed by atoms with van der Waals surface area (Å²) < 4.78 is 16.4. The van der Waals surface area contributed by atoms with Gasteiger partial charge < -0.3 is 13.3 Å². The largest absolute Gasteiger partial charge is 0.467 e. The van der Waals surface area contributed by atoms with Crippen LogP contribution in [-0.4, -0.2) is 32.6 Å². The molecule has 0 aliphatic carbocycles. The summed E-state index contributed by atoms with van der Waals surface area (Å²) in [5.74, 6) is 1.28. The van der Waals surface area contributed by atoms with E-state index < -0.39 is 0 Å². The molecule has 4 aromatic rings. The Labute approximate surface area is 185 Å². The number of benzene rings is 1. The minimum absolute atomic E-state index is 0.0778. The number of thioether (sulfide) groups is 1. The predicted molar refractivity (Wildman–Crippen MR) is 114 cm³/mol. The van der Waals surface area contributed by atoms with Crippen LogP contribution in [0.4, 0.5) is 0 Å². The van der Waals surface area contributed by atoms with Gasteiger partial charge >= 0.3 is 0 Å². The molecule has 3 aromatic heterocycles. The van der Waals surface area contributed by atoms with E-state index in [-0.39, 0.29) is 28.8 Å². The van der Waals surface area contributed by atoms with Crippen molar-refractivity contribution in [1.29, 1.82) is 0 Å². The Morgan fingerprint density at radius 3 is 2.65 bits per heavy atom. The number of hydrogen-bond acceptors (Lipinski definition) is 8. The lowest BCUT2D eigenvalue weighted by atomic mass is 10.0. The monoisotopic (exact) mass is 454 g/mol. The Morgan fingerprint density at radius 1 is 1.10 bits per heavy atom. The first-order valence-corrected chi connectivity index (χ1v) is 10.7. The number of aromatic nitrogens is 2. The lowest BCUT2D eigenvalue weighted by Gasteiger charge is -2.19. The second-order valence-corrected chi connectivity index (χ2v) is 8.03. The maximum atomic E-state index is 13.0. The smallest absolute Gasteiger partial charge is 0.284 e. The molecule has 4 heterocycles. The average Bonchev–Trinajstić information content (AvgIpc) is 3.58. The Balaban J connectivity index is 1.33. The maximum absolute atomic E-state index is 13.0. The number of carbonyl (C=O) groups is 1. The second-order valence-electron chi connectivity index (χ2n) is 6.67. The van der Waals surface area contributed by atoms with E-state index in [0.717, 1.165) is 23.0 Å². The van der Waals surface area contributed by atoms with Crippen LogP contribution in [0.2, 0.25) is 5.02 Å². The maximum Gasteiger partial charge on any atom is 0.284 e. The Hall–Kier alpha value is -3.30. The highest BCUT2D eigenvalue weighted by atomic mass is 35.5. The normalized spacial score (nSPS) is 16.0. The van der Waals surface area contributed by atoms with E-state index in [2.05, 4.69) is 15.3 Å². The zero-order valence-electron chi connectivity index (χ0n) is 16.0. The summed E-state index contributed by atoms with van der Waals surface area (Å²) in [4.78, 5) is 13.0. The van der Waals surface area contributed by atoms with E-state index in [0.29, 0.717) is 23.0 Å². The number of carbonyl (C=O) groups excluding carboxylic acids is 1. The van der Waals surface area contributed by atoms with Gasteiger partial charge in [0, 0.05) is 11.4 Å². The van der Waals surface area contributed by atoms with Gasteiger partial charge in [-0.1, -0.05) is 35.5 Å². The van der Waals surface area contributed by atoms with Crippen molar-refractivity contribution in [2.75, 3.05) is 5.75 Å². The van der Waals surface area contributed by atoms with Gasteiger partial charge in [0.1, 0.15) is 11.8 Å². The molecule has 0 spiro atoms. The molecule has 0 N–H and O–H groups in total. The molecule has 1 aromatic carbocycles. The van der Waals surface area contributed by atoms with Crippen LogP contribution in [0.3, 0.4) is 0 Å². The van der Waals surface area contributed by atoms with Gasteiger partial charge in [0.15, 0.2) is 5.76 Å². The van der Waals surface area contributed by atoms with Crippen LogP contribution in [0.15, 0.2) is 84.6 Å². The average molecular weight is 455 g/mol. The van der Waals surface area contributed by atoms with Crippen molar-refractivity contribution in [3.05, 3.63) is 77.4 Å². The number of rotatable bonds is 6. The number of furan rings is 2. The van der Waals surface area contributed by atoms with E-state index in [1.807, 2.05) is 18.2 Å². The Bertz CT molecular complexity index is 1200. The van der Waals surface area contributed by atoms with Crippen molar-refractivity contribution in [3.63, 3.8) is 0 Å². The zero-order chi connectivity index (χ0) is 21.2. The van der Waals surface area contributed by atoms with Crippen LogP contribution in [0, 0.1) is 0 Å². The summed E-state index contributed by atoms with van der Waals surface area (Å²) >= 11 is 7.13. The van der Waals surface area contributed by atoms with E-state index in [1.165, 1.54) is 11.3 Å². The quantitative estimate of drug-likeness (QED) is 0.376. The molecular weight excluding hydrogens is 440 g/mol. The summed E-state index contributed by atoms with van der Waals surface area (Å²) in [5.41, 5.74) is 1.69. The fourth-order valence-electron chi connectivity index (χ4n) is 3.22. The highest BCUT2D eigenvalue weighted by molar-refractivity contribution is 7.99. The van der Waals surface area contributed by atoms with Crippen molar-refractivity contribution in [1.82, 2.24) is 15.2 Å². The standard InChI is InChI=1S/C21H15ClN4O4S/c22-14-7-5-13(6-8-14)15-11-16(17-3-1-9-28-17)26(25-15)19(27)12-31-21-24-23-20(30-21)18-4-2-10-29-18/h1-10,16H,11-12H2. The molecular formula is C21H15ClN4O4S. The molecule has 0 saturated heterocycles. The van der Waals surface area contributed by atoms with Crippen molar-refractivity contribution in [3.8, 4) is 11.7 Å². The molecule has 156 valence electrons. The third kappa shape index (κ3) is 4.14. The minimum Gasteiger partial charge on any atom is -0.467 e. The van der Waals surface area contributed by atoms with Gasteiger partial charge in [-0.05, 0) is 42.0 Å². The first-order chi connectivity index (χ1) is 15.2. The fraction of sp³-hybridized carbons (Fsp3) is 0.143. The van der Waals surface area contributed by atoms with Gasteiger partial charge in [0.2, 0.25) is 0 Å². The molecule has 1 amide bonds. The molecule has 0 saturated carbocycles. The minimum atomic E-state index is -0.324. The van der Waals surface area contributed by atoms with E-state index in [1.54, 1.807) is 36.6 Å². The van der Waals surface area contributed by atoms with Crippen LogP contribution in [0.25, 0.3) is 11.7 Å². The summed E-state index contributed by atoms with van der Waals surface area (Å²) in [6.45, 7) is 0. The van der Waals surface area contributed by atoms with E-state index in [4.69, 9.17) is 24.9 Å². The van der Waals surface area contributed by atoms with Crippen LogP contribution < -0.4 is 0 Å². The molecule has 0 bridgehead atoms. The summed E-state index contributed by atoms with van der Waals surface area (Å²) in [7, 11) is 0. The topological polar surface area (TPSA) is 97.9 Å². The van der Waals surface area contributed by atoms with Gasteiger partial charge in [-0.3, -0.25) is 4.79 Å². The van der Waals surface area contributed by atoms with Crippen LogP contribution in [-0.2, 0) is 4.79 Å². The summed E-state index contributed by atoms with van der Waals surface area (Å²) in [5, 5.41) is 14.9. The van der Waals surface area contributed by atoms with E-state index >= 15 is 0 Å². The van der Waals surface area contributed by atoms with Crippen molar-refractivity contribution in [2.45, 2.75) is 17.7 Å². The highest BCUT2D eigenvalue weighted by Crippen LogP contribution is 2.34. The van der Waals surface area contributed by atoms with Crippen LogP contribution >= 0.6 is 23.4 Å². The number of halogens is 1. The zero-order valence-corrected chi connectivity index (χ0v) is 17.5. The molecule has 0 radical (unpaired) electrons. The lowest BCUT2D eigenvalue weighted by Crippen LogP contribution is -2.28.